The van der Waals surface area contributed by atoms with Gasteiger partial charge < -0.3 is 15.7 Å². The number of halogens is 5. The van der Waals surface area contributed by atoms with E-state index < -0.39 is 30.3 Å². The third kappa shape index (κ3) is 5.33. The maximum absolute atomic E-state index is 13.7. The molecule has 2 amide bonds. The summed E-state index contributed by atoms with van der Waals surface area (Å²) in [5.41, 5.74) is 0.132. The third-order valence-electron chi connectivity index (χ3n) is 4.37. The van der Waals surface area contributed by atoms with Crippen molar-refractivity contribution in [3.05, 3.63) is 75.8 Å². The average molecular weight is 457 g/mol. The van der Waals surface area contributed by atoms with Crippen molar-refractivity contribution in [2.24, 2.45) is 0 Å². The van der Waals surface area contributed by atoms with Gasteiger partial charge in [0.1, 0.15) is 5.82 Å². The Bertz CT molecular complexity index is 1120. The molecule has 0 aliphatic rings. The van der Waals surface area contributed by atoms with Crippen LogP contribution in [0.3, 0.4) is 0 Å². The molecule has 3 rings (SSSR count). The molecule has 0 fully saturated rings. The van der Waals surface area contributed by atoms with E-state index in [1.807, 2.05) is 0 Å². The molecule has 164 valence electrons. The van der Waals surface area contributed by atoms with Gasteiger partial charge in [0.2, 0.25) is 0 Å². The molecule has 2 aromatic carbocycles. The van der Waals surface area contributed by atoms with E-state index in [2.05, 4.69) is 15.7 Å². The van der Waals surface area contributed by atoms with Crippen LogP contribution in [0.15, 0.2) is 42.5 Å². The lowest BCUT2D eigenvalue weighted by Gasteiger charge is -2.11. The predicted molar refractivity (Wildman–Crippen MR) is 106 cm³/mol. The number of nitrogens with zero attached hydrogens (tertiary/aromatic N) is 2. The van der Waals surface area contributed by atoms with Crippen molar-refractivity contribution in [3.63, 3.8) is 0 Å². The largest absolute Gasteiger partial charge is 0.435 e. The molecule has 0 spiro atoms. The van der Waals surface area contributed by atoms with Crippen LogP contribution in [-0.2, 0) is 19.3 Å². The number of carbonyl (C=O) groups is 1. The van der Waals surface area contributed by atoms with Gasteiger partial charge in [0.05, 0.1) is 24.5 Å². The number of amides is 2. The Kier molecular flexibility index (Phi) is 6.51. The van der Waals surface area contributed by atoms with Crippen LogP contribution in [-0.4, -0.2) is 20.9 Å². The van der Waals surface area contributed by atoms with Crippen LogP contribution in [0.25, 0.3) is 5.69 Å². The third-order valence-corrected chi connectivity index (χ3v) is 4.80. The van der Waals surface area contributed by atoms with Gasteiger partial charge in [-0.25, -0.2) is 13.9 Å². The highest BCUT2D eigenvalue weighted by molar-refractivity contribution is 6.31. The number of carbonyl (C=O) groups excluding carboxylic acids is 1. The second-order valence-corrected chi connectivity index (χ2v) is 7.04. The van der Waals surface area contributed by atoms with Crippen LogP contribution in [0, 0.1) is 12.7 Å². The molecule has 11 heteroatoms. The van der Waals surface area contributed by atoms with Gasteiger partial charge >= 0.3 is 12.2 Å². The monoisotopic (exact) mass is 456 g/mol. The van der Waals surface area contributed by atoms with Crippen LogP contribution < -0.4 is 10.6 Å². The van der Waals surface area contributed by atoms with Gasteiger partial charge in [-0.05, 0) is 48.9 Å². The lowest BCUT2D eigenvalue weighted by atomic mass is 10.2. The van der Waals surface area contributed by atoms with Crippen LogP contribution in [0.2, 0.25) is 5.02 Å². The first-order valence-electron chi connectivity index (χ1n) is 8.95. The predicted octanol–water partition coefficient (Wildman–Crippen LogP) is 4.81. The summed E-state index contributed by atoms with van der Waals surface area (Å²) in [5, 5.41) is 17.8. The number of anilines is 1. The van der Waals surface area contributed by atoms with Gasteiger partial charge in [0.25, 0.3) is 0 Å². The number of hydrogen-bond donors (Lipinski definition) is 3. The Hall–Kier alpha value is -3.11. The highest BCUT2D eigenvalue weighted by atomic mass is 35.5. The second-order valence-electron chi connectivity index (χ2n) is 6.64. The Labute approximate surface area is 179 Å². The fourth-order valence-corrected chi connectivity index (χ4v) is 2.89. The van der Waals surface area contributed by atoms with E-state index in [0.717, 1.165) is 16.8 Å². The maximum Gasteiger partial charge on any atom is 0.435 e. The molecule has 0 atom stereocenters. The minimum atomic E-state index is -4.67. The molecule has 0 radical (unpaired) electrons. The minimum absolute atomic E-state index is 0.0628. The summed E-state index contributed by atoms with van der Waals surface area (Å²) in [6, 6.07) is 8.41. The average Bonchev–Trinajstić information content (AvgIpc) is 3.13. The summed E-state index contributed by atoms with van der Waals surface area (Å²) >= 11 is 5.98. The van der Waals surface area contributed by atoms with E-state index in [-0.39, 0.29) is 23.5 Å². The van der Waals surface area contributed by atoms with E-state index in [0.29, 0.717) is 16.3 Å². The Morgan fingerprint density at radius 3 is 2.55 bits per heavy atom. The first-order valence-corrected chi connectivity index (χ1v) is 9.33. The summed E-state index contributed by atoms with van der Waals surface area (Å²) in [6.45, 7) is 0.925. The number of rotatable bonds is 5. The lowest BCUT2D eigenvalue weighted by molar-refractivity contribution is -0.141. The summed E-state index contributed by atoms with van der Waals surface area (Å²) in [5.74, 6) is -0.702. The fraction of sp³-hybridized carbons (Fsp3) is 0.200. The highest BCUT2D eigenvalue weighted by Gasteiger charge is 2.35. The molecule has 31 heavy (non-hydrogen) atoms. The molecule has 1 heterocycles. The van der Waals surface area contributed by atoms with Crippen molar-refractivity contribution in [1.82, 2.24) is 15.1 Å². The summed E-state index contributed by atoms with van der Waals surface area (Å²) in [7, 11) is 0. The molecule has 1 aromatic heterocycles. The normalized spacial score (nSPS) is 11.5. The molecule has 0 aliphatic heterocycles. The van der Waals surface area contributed by atoms with E-state index in [4.69, 9.17) is 16.7 Å². The van der Waals surface area contributed by atoms with Crippen LogP contribution >= 0.6 is 11.6 Å². The van der Waals surface area contributed by atoms with E-state index in [9.17, 15) is 22.4 Å². The number of nitrogens with one attached hydrogen (secondary N) is 2. The van der Waals surface area contributed by atoms with E-state index >= 15 is 0 Å². The molecule has 3 N–H and O–H groups in total. The van der Waals surface area contributed by atoms with Gasteiger partial charge in [-0.3, -0.25) is 0 Å². The zero-order chi connectivity index (χ0) is 22.8. The van der Waals surface area contributed by atoms with Gasteiger partial charge in [0, 0.05) is 16.3 Å². The topological polar surface area (TPSA) is 79.2 Å². The van der Waals surface area contributed by atoms with Gasteiger partial charge in [-0.1, -0.05) is 17.7 Å². The number of aliphatic hydroxyl groups excluding tert-OH is 1. The summed E-state index contributed by atoms with van der Waals surface area (Å²) < 4.78 is 54.3. The zero-order valence-corrected chi connectivity index (χ0v) is 16.9. The van der Waals surface area contributed by atoms with Crippen molar-refractivity contribution < 1.29 is 27.5 Å². The molecule has 0 unspecified atom stereocenters. The fourth-order valence-electron chi connectivity index (χ4n) is 2.77. The van der Waals surface area contributed by atoms with E-state index in [1.165, 1.54) is 24.3 Å². The number of urea groups is 1. The molecule has 0 saturated carbocycles. The van der Waals surface area contributed by atoms with Crippen molar-refractivity contribution in [2.45, 2.75) is 26.3 Å². The number of aryl methyl sites for hydroxylation is 1. The molecule has 0 bridgehead atoms. The van der Waals surface area contributed by atoms with E-state index in [1.54, 1.807) is 13.0 Å². The van der Waals surface area contributed by atoms with Gasteiger partial charge in [-0.15, -0.1) is 0 Å². The zero-order valence-electron chi connectivity index (χ0n) is 16.1. The molecular weight excluding hydrogens is 440 g/mol. The van der Waals surface area contributed by atoms with Crippen molar-refractivity contribution >= 4 is 23.3 Å². The molecule has 0 saturated heterocycles. The van der Waals surface area contributed by atoms with Crippen molar-refractivity contribution in [3.8, 4) is 5.69 Å². The van der Waals surface area contributed by atoms with Crippen LogP contribution in [0.4, 0.5) is 28.0 Å². The summed E-state index contributed by atoms with van der Waals surface area (Å²) in [4.78, 5) is 12.1. The first-order chi connectivity index (χ1) is 14.6. The number of benzene rings is 2. The quantitative estimate of drug-likeness (QED) is 0.482. The second kappa shape index (κ2) is 8.94. The minimum Gasteiger partial charge on any atom is -0.392 e. The summed E-state index contributed by atoms with van der Waals surface area (Å²) in [6.07, 6.45) is -4.67. The molecular formula is C20H17ClF4N4O2. The molecule has 3 aromatic rings. The van der Waals surface area contributed by atoms with Crippen molar-refractivity contribution in [2.75, 3.05) is 5.32 Å². The SMILES string of the molecule is Cc1cc(-n2nc(C(F)(F)F)cc2CNC(=O)Nc2ccc(CO)c(F)c2)ccc1Cl. The van der Waals surface area contributed by atoms with Gasteiger partial charge in [-0.2, -0.15) is 18.3 Å². The highest BCUT2D eigenvalue weighted by Crippen LogP contribution is 2.30. The van der Waals surface area contributed by atoms with Gasteiger partial charge in [0.15, 0.2) is 5.69 Å². The standard InChI is InChI=1S/C20H17ClF4N4O2/c1-11-6-14(4-5-16(11)21)29-15(8-18(28-29)20(23,24)25)9-26-19(31)27-13-3-2-12(10-30)17(22)7-13/h2-8,30H,9-10H2,1H3,(H2,26,27,31). The number of aliphatic hydroxyl groups is 1. The smallest absolute Gasteiger partial charge is 0.392 e. The first kappa shape index (κ1) is 22.6. The molecule has 0 aliphatic carbocycles. The Morgan fingerprint density at radius 1 is 1.19 bits per heavy atom. The lowest BCUT2D eigenvalue weighted by Crippen LogP contribution is -2.29. The molecule has 6 nitrogen and oxygen atoms in total. The van der Waals surface area contributed by atoms with Crippen LogP contribution in [0.5, 0.6) is 0 Å². The Balaban J connectivity index is 1.80. The van der Waals surface area contributed by atoms with Crippen molar-refractivity contribution in [1.29, 1.82) is 0 Å². The number of aromatic nitrogens is 2. The maximum atomic E-state index is 13.7. The number of hydrogen-bond acceptors (Lipinski definition) is 3. The Morgan fingerprint density at radius 2 is 1.94 bits per heavy atom. The number of alkyl halides is 3. The van der Waals surface area contributed by atoms with Crippen LogP contribution in [0.1, 0.15) is 22.5 Å².